The molecule has 346 valence electrons. The summed E-state index contributed by atoms with van der Waals surface area (Å²) in [7, 11) is 0. The number of pyridine rings is 1. The summed E-state index contributed by atoms with van der Waals surface area (Å²) in [5.74, 6) is 1.52. The molecule has 73 heavy (non-hydrogen) atoms. The monoisotopic (exact) mass is 940 g/mol. The number of halogens is 1. The summed E-state index contributed by atoms with van der Waals surface area (Å²) in [6, 6.07) is 89.8. The van der Waals surface area contributed by atoms with E-state index in [1.165, 1.54) is 51.7 Å². The minimum Gasteiger partial charge on any atom is -0.457 e. The minimum atomic E-state index is -0.604. The van der Waals surface area contributed by atoms with Gasteiger partial charge < -0.3 is 14.5 Å². The maximum Gasteiger partial charge on any atom is 0.140 e. The van der Waals surface area contributed by atoms with E-state index in [4.69, 9.17) is 4.74 Å². The number of hydrogen-bond donors (Lipinski definition) is 0. The van der Waals surface area contributed by atoms with Gasteiger partial charge in [0.15, 0.2) is 0 Å². The molecule has 1 aliphatic heterocycles. The second kappa shape index (κ2) is 17.1. The van der Waals surface area contributed by atoms with Crippen LogP contribution in [-0.2, 0) is 5.41 Å². The lowest BCUT2D eigenvalue weighted by Gasteiger charge is -2.36. The lowest BCUT2D eigenvalue weighted by atomic mass is 9.66. The fourth-order valence-electron chi connectivity index (χ4n) is 11.8. The van der Waals surface area contributed by atoms with Gasteiger partial charge in [-0.2, -0.15) is 0 Å². The molecule has 0 atom stereocenters. The topological polar surface area (TPSA) is 33.5 Å². The van der Waals surface area contributed by atoms with Gasteiger partial charge in [0.2, 0.25) is 0 Å². The predicted octanol–water partition coefficient (Wildman–Crippen LogP) is 17.1. The Bertz CT molecular complexity index is 3970. The summed E-state index contributed by atoms with van der Waals surface area (Å²) >= 11 is 0. The Morgan fingerprint density at radius 3 is 1.68 bits per heavy atom. The van der Waals surface area contributed by atoms with Crippen LogP contribution in [0.5, 0.6) is 11.5 Å². The number of ether oxygens (including phenoxy) is 1. The highest BCUT2D eigenvalue weighted by molar-refractivity contribution is 6.09. The lowest BCUT2D eigenvalue weighted by Crippen LogP contribution is -2.29. The largest absolute Gasteiger partial charge is 0.457 e. The van der Waals surface area contributed by atoms with Crippen molar-refractivity contribution in [3.63, 3.8) is 0 Å². The SMILES string of the molecule is Fc1ccnc(-n2c3ccccc3c3ccc(Oc4cccc(N5CN(c6c(-c7ccccc7)cc(C7(c8ccccc8)c8ccccc8-c8ccccc87)cc6-c6ccccc6)c6ccccc65)c4)cc32)c1. The van der Waals surface area contributed by atoms with Crippen LogP contribution in [0.2, 0.25) is 0 Å². The highest BCUT2D eigenvalue weighted by Crippen LogP contribution is 2.59. The zero-order valence-corrected chi connectivity index (χ0v) is 39.6. The third kappa shape index (κ3) is 6.79. The zero-order chi connectivity index (χ0) is 48.5. The van der Waals surface area contributed by atoms with Crippen molar-refractivity contribution >= 4 is 44.6 Å². The molecule has 3 heterocycles. The van der Waals surface area contributed by atoms with Crippen LogP contribution in [0.4, 0.5) is 27.1 Å². The lowest BCUT2D eigenvalue weighted by molar-refractivity contribution is 0.483. The van der Waals surface area contributed by atoms with Gasteiger partial charge in [0.05, 0.1) is 33.5 Å². The highest BCUT2D eigenvalue weighted by atomic mass is 19.1. The Morgan fingerprint density at radius 2 is 1.00 bits per heavy atom. The maximum atomic E-state index is 14.7. The minimum absolute atomic E-state index is 0.343. The van der Waals surface area contributed by atoms with E-state index >= 15 is 0 Å². The van der Waals surface area contributed by atoms with Gasteiger partial charge in [-0.05, 0) is 105 Å². The van der Waals surface area contributed by atoms with Crippen LogP contribution in [-0.4, -0.2) is 16.2 Å². The summed E-state index contributed by atoms with van der Waals surface area (Å²) in [6.45, 7) is 0.546. The quantitative estimate of drug-likeness (QED) is 0.144. The summed E-state index contributed by atoms with van der Waals surface area (Å²) in [6.07, 6.45) is 1.50. The Kier molecular flexibility index (Phi) is 9.93. The van der Waals surface area contributed by atoms with Crippen molar-refractivity contribution < 1.29 is 9.13 Å². The molecular weight excluding hydrogens is 896 g/mol. The van der Waals surface area contributed by atoms with Crippen molar-refractivity contribution in [1.82, 2.24) is 9.55 Å². The number of fused-ring (bicyclic) bond motifs is 7. The summed E-state index contributed by atoms with van der Waals surface area (Å²) in [5.41, 5.74) is 17.6. The van der Waals surface area contributed by atoms with E-state index in [1.54, 1.807) is 0 Å². The number of para-hydroxylation sites is 3. The fraction of sp³-hybridized carbons (Fsp3) is 0.0299. The second-order valence-electron chi connectivity index (χ2n) is 18.8. The highest BCUT2D eigenvalue weighted by Gasteiger charge is 2.47. The standard InChI is InChI=1S/C67H45FN4O/c68-49-37-38-69-65(41-49)72-61-32-15-12-29-55(61)56-36-35-52(43-64(56)72)73-51-26-18-25-50(42-51)70-44-71(63-34-17-16-33-62(63)70)66-57(45-19-4-1-5-20-45)39-48(40-58(66)46-21-6-2-7-22-46)67(47-23-8-3-9-24-47)59-30-13-10-27-53(59)54-28-11-14-31-60(54)67/h1-43H,44H2. The predicted molar refractivity (Wildman–Crippen MR) is 295 cm³/mol. The molecule has 0 N–H and O–H groups in total. The van der Waals surface area contributed by atoms with Crippen LogP contribution in [0.15, 0.2) is 261 Å². The average Bonchev–Trinajstić information content (AvgIpc) is 4.10. The summed E-state index contributed by atoms with van der Waals surface area (Å²) in [5, 5.41) is 2.09. The molecule has 12 aromatic rings. The first-order valence-electron chi connectivity index (χ1n) is 24.7. The van der Waals surface area contributed by atoms with Gasteiger partial charge in [0.25, 0.3) is 0 Å². The molecule has 2 aliphatic rings. The van der Waals surface area contributed by atoms with Crippen LogP contribution >= 0.6 is 0 Å². The molecule has 1 aliphatic carbocycles. The molecule has 0 bridgehead atoms. The van der Waals surface area contributed by atoms with Crippen molar-refractivity contribution in [2.45, 2.75) is 5.41 Å². The molecule has 10 aromatic carbocycles. The first kappa shape index (κ1) is 42.4. The number of rotatable bonds is 9. The molecule has 0 fully saturated rings. The number of nitrogens with zero attached hydrogens (tertiary/aromatic N) is 4. The van der Waals surface area contributed by atoms with Gasteiger partial charge in [-0.25, -0.2) is 9.37 Å². The number of hydrogen-bond acceptors (Lipinski definition) is 4. The van der Waals surface area contributed by atoms with Gasteiger partial charge >= 0.3 is 0 Å². The molecule has 14 rings (SSSR count). The second-order valence-corrected chi connectivity index (χ2v) is 18.8. The van der Waals surface area contributed by atoms with Crippen molar-refractivity contribution in [3.8, 4) is 50.7 Å². The molecule has 0 radical (unpaired) electrons. The molecule has 0 saturated heterocycles. The summed E-state index contributed by atoms with van der Waals surface area (Å²) < 4.78 is 23.4. The van der Waals surface area contributed by atoms with E-state index in [1.807, 2.05) is 41.0 Å². The van der Waals surface area contributed by atoms with E-state index in [0.717, 1.165) is 66.8 Å². The molecule has 6 heteroatoms. The normalized spacial score (nSPS) is 13.3. The smallest absolute Gasteiger partial charge is 0.140 e. The molecule has 0 spiro atoms. The van der Waals surface area contributed by atoms with Crippen LogP contribution in [0.3, 0.4) is 0 Å². The summed E-state index contributed by atoms with van der Waals surface area (Å²) in [4.78, 5) is 9.45. The molecule has 2 aromatic heterocycles. The molecule has 0 unspecified atom stereocenters. The Labute approximate surface area is 422 Å². The average molecular weight is 941 g/mol. The molecule has 5 nitrogen and oxygen atoms in total. The van der Waals surface area contributed by atoms with Crippen molar-refractivity contribution in [3.05, 3.63) is 289 Å². The Balaban J connectivity index is 0.922. The van der Waals surface area contributed by atoms with Gasteiger partial charge in [0, 0.05) is 52.0 Å². The van der Waals surface area contributed by atoms with E-state index in [0.29, 0.717) is 24.0 Å². The number of aromatic nitrogens is 2. The zero-order valence-electron chi connectivity index (χ0n) is 39.6. The molecule has 0 amide bonds. The molecule has 0 saturated carbocycles. The van der Waals surface area contributed by atoms with E-state index in [-0.39, 0.29) is 5.82 Å². The molecular formula is C67H45FN4O. The van der Waals surface area contributed by atoms with Crippen molar-refractivity contribution in [2.24, 2.45) is 0 Å². The van der Waals surface area contributed by atoms with Gasteiger partial charge in [-0.3, -0.25) is 4.57 Å². The van der Waals surface area contributed by atoms with E-state index in [9.17, 15) is 4.39 Å². The van der Waals surface area contributed by atoms with Gasteiger partial charge in [0.1, 0.15) is 29.8 Å². The fourth-order valence-corrected chi connectivity index (χ4v) is 11.8. The van der Waals surface area contributed by atoms with Gasteiger partial charge in [-0.1, -0.05) is 176 Å². The third-order valence-corrected chi connectivity index (χ3v) is 14.8. The third-order valence-electron chi connectivity index (χ3n) is 14.8. The van der Waals surface area contributed by atoms with Crippen LogP contribution < -0.4 is 14.5 Å². The first-order valence-corrected chi connectivity index (χ1v) is 24.7. The van der Waals surface area contributed by atoms with Crippen molar-refractivity contribution in [2.75, 3.05) is 16.5 Å². The maximum absolute atomic E-state index is 14.7. The van der Waals surface area contributed by atoms with Crippen LogP contribution in [0.1, 0.15) is 22.3 Å². The number of benzene rings is 10. The first-order chi connectivity index (χ1) is 36.1. The van der Waals surface area contributed by atoms with Gasteiger partial charge in [-0.15, -0.1) is 0 Å². The number of anilines is 4. The van der Waals surface area contributed by atoms with Crippen LogP contribution in [0, 0.1) is 5.82 Å². The van der Waals surface area contributed by atoms with Crippen molar-refractivity contribution in [1.29, 1.82) is 0 Å². The Morgan fingerprint density at radius 1 is 0.425 bits per heavy atom. The Hall–Kier alpha value is -9.52. The van der Waals surface area contributed by atoms with E-state index < -0.39 is 5.41 Å². The van der Waals surface area contributed by atoms with E-state index in [2.05, 4.69) is 221 Å². The van der Waals surface area contributed by atoms with Crippen LogP contribution in [0.25, 0.3) is 61.0 Å².